The highest BCUT2D eigenvalue weighted by molar-refractivity contribution is 5.93. The van der Waals surface area contributed by atoms with Gasteiger partial charge in [-0.1, -0.05) is 0 Å². The van der Waals surface area contributed by atoms with Gasteiger partial charge in [-0.25, -0.2) is 9.67 Å². The van der Waals surface area contributed by atoms with Gasteiger partial charge in [-0.15, -0.1) is 0 Å². The van der Waals surface area contributed by atoms with Crippen molar-refractivity contribution in [2.75, 3.05) is 5.32 Å². The van der Waals surface area contributed by atoms with Crippen molar-refractivity contribution in [1.82, 2.24) is 14.8 Å². The van der Waals surface area contributed by atoms with E-state index < -0.39 is 0 Å². The normalized spacial score (nSPS) is 16.4. The summed E-state index contributed by atoms with van der Waals surface area (Å²) in [5.41, 5.74) is 6.42. The maximum Gasteiger partial charge on any atom is 0.226 e. The second-order valence-corrected chi connectivity index (χ2v) is 5.27. The molecule has 0 bridgehead atoms. The number of hydrogen-bond donors (Lipinski definition) is 2. The molecule has 1 aliphatic carbocycles. The van der Waals surface area contributed by atoms with Crippen LogP contribution in [-0.2, 0) is 4.79 Å². The summed E-state index contributed by atoms with van der Waals surface area (Å²) in [5, 5.41) is 7.02. The molecule has 0 saturated heterocycles. The van der Waals surface area contributed by atoms with Crippen molar-refractivity contribution in [3.8, 4) is 5.82 Å². The van der Waals surface area contributed by atoms with Gasteiger partial charge in [0, 0.05) is 30.6 Å². The minimum atomic E-state index is -0.321. The molecule has 0 atom stereocenters. The molecule has 0 aliphatic heterocycles. The van der Waals surface area contributed by atoms with Gasteiger partial charge in [0.2, 0.25) is 5.91 Å². The van der Waals surface area contributed by atoms with E-state index in [2.05, 4.69) is 15.4 Å². The Hall–Kier alpha value is -2.21. The fraction of sp³-hybridized carbons (Fsp3) is 0.357. The van der Waals surface area contributed by atoms with E-state index in [9.17, 15) is 4.79 Å². The fourth-order valence-corrected chi connectivity index (χ4v) is 2.39. The molecular formula is C14H17N5O. The molecule has 2 aromatic rings. The van der Waals surface area contributed by atoms with Crippen molar-refractivity contribution in [3.63, 3.8) is 0 Å². The molecule has 6 heteroatoms. The number of nitrogens with zero attached hydrogens (tertiary/aromatic N) is 3. The standard InChI is InChI=1S/C14H17N5O/c15-14(5-2-6-14)10-12(20)18-11-4-1-7-16-13(11)19-9-3-8-17-19/h1,3-4,7-9H,2,5-6,10,15H2,(H,18,20). The molecule has 3 rings (SSSR count). The van der Waals surface area contributed by atoms with Crippen LogP contribution in [0.5, 0.6) is 0 Å². The highest BCUT2D eigenvalue weighted by Crippen LogP contribution is 2.32. The summed E-state index contributed by atoms with van der Waals surface area (Å²) in [4.78, 5) is 16.4. The van der Waals surface area contributed by atoms with E-state index in [0.29, 0.717) is 17.9 Å². The van der Waals surface area contributed by atoms with Crippen molar-refractivity contribution < 1.29 is 4.79 Å². The summed E-state index contributed by atoms with van der Waals surface area (Å²) in [6.45, 7) is 0. The molecule has 104 valence electrons. The first kappa shape index (κ1) is 12.8. The van der Waals surface area contributed by atoms with E-state index in [-0.39, 0.29) is 11.4 Å². The molecule has 0 aromatic carbocycles. The van der Waals surface area contributed by atoms with Crippen LogP contribution >= 0.6 is 0 Å². The van der Waals surface area contributed by atoms with Gasteiger partial charge in [-0.2, -0.15) is 5.10 Å². The fourth-order valence-electron chi connectivity index (χ4n) is 2.39. The third-order valence-electron chi connectivity index (χ3n) is 3.64. The van der Waals surface area contributed by atoms with E-state index in [1.165, 1.54) is 0 Å². The van der Waals surface area contributed by atoms with Crippen molar-refractivity contribution >= 4 is 11.6 Å². The van der Waals surface area contributed by atoms with Crippen LogP contribution in [0.15, 0.2) is 36.8 Å². The Balaban J connectivity index is 1.76. The summed E-state index contributed by atoms with van der Waals surface area (Å²) >= 11 is 0. The molecule has 2 heterocycles. The Morgan fingerprint density at radius 2 is 2.25 bits per heavy atom. The van der Waals surface area contributed by atoms with Gasteiger partial charge in [0.1, 0.15) is 0 Å². The first-order valence-electron chi connectivity index (χ1n) is 6.70. The molecule has 3 N–H and O–H groups in total. The van der Waals surface area contributed by atoms with E-state index in [1.54, 1.807) is 29.3 Å². The van der Waals surface area contributed by atoms with Crippen LogP contribution in [0.4, 0.5) is 5.69 Å². The number of carbonyl (C=O) groups excluding carboxylic acids is 1. The molecule has 0 unspecified atom stereocenters. The lowest BCUT2D eigenvalue weighted by Crippen LogP contribution is -2.49. The number of aromatic nitrogens is 3. The molecule has 0 radical (unpaired) electrons. The highest BCUT2D eigenvalue weighted by atomic mass is 16.1. The average Bonchev–Trinajstić information content (AvgIpc) is 2.91. The number of pyridine rings is 1. The highest BCUT2D eigenvalue weighted by Gasteiger charge is 2.34. The predicted octanol–water partition coefficient (Wildman–Crippen LogP) is 1.48. The molecule has 2 aromatic heterocycles. The minimum absolute atomic E-state index is 0.0754. The Bertz CT molecular complexity index is 604. The number of nitrogens with two attached hydrogens (primary N) is 1. The Kier molecular flexibility index (Phi) is 3.23. The zero-order valence-electron chi connectivity index (χ0n) is 11.1. The average molecular weight is 271 g/mol. The van der Waals surface area contributed by atoms with Gasteiger partial charge < -0.3 is 11.1 Å². The summed E-state index contributed by atoms with van der Waals surface area (Å²) in [6.07, 6.45) is 8.41. The topological polar surface area (TPSA) is 85.8 Å². The number of carbonyl (C=O) groups is 1. The lowest BCUT2D eigenvalue weighted by atomic mass is 9.75. The van der Waals surface area contributed by atoms with Gasteiger partial charge in [0.15, 0.2) is 5.82 Å². The molecule has 1 saturated carbocycles. The van der Waals surface area contributed by atoms with Crippen LogP contribution in [0.3, 0.4) is 0 Å². The monoisotopic (exact) mass is 271 g/mol. The van der Waals surface area contributed by atoms with Crippen LogP contribution in [0.2, 0.25) is 0 Å². The zero-order valence-corrected chi connectivity index (χ0v) is 11.1. The Morgan fingerprint density at radius 1 is 1.40 bits per heavy atom. The van der Waals surface area contributed by atoms with Gasteiger partial charge in [-0.05, 0) is 37.5 Å². The number of rotatable bonds is 4. The van der Waals surface area contributed by atoms with Crippen LogP contribution in [0.1, 0.15) is 25.7 Å². The van der Waals surface area contributed by atoms with Crippen molar-refractivity contribution in [2.24, 2.45) is 5.73 Å². The minimum Gasteiger partial charge on any atom is -0.325 e. The third-order valence-corrected chi connectivity index (χ3v) is 3.64. The van der Waals surface area contributed by atoms with E-state index in [0.717, 1.165) is 19.3 Å². The van der Waals surface area contributed by atoms with Crippen molar-refractivity contribution in [3.05, 3.63) is 36.8 Å². The van der Waals surface area contributed by atoms with Gasteiger partial charge in [0.25, 0.3) is 0 Å². The smallest absolute Gasteiger partial charge is 0.226 e. The summed E-state index contributed by atoms with van der Waals surface area (Å²) < 4.78 is 1.62. The van der Waals surface area contributed by atoms with Crippen molar-refractivity contribution in [2.45, 2.75) is 31.2 Å². The van der Waals surface area contributed by atoms with Gasteiger partial charge in [-0.3, -0.25) is 4.79 Å². The van der Waals surface area contributed by atoms with Crippen LogP contribution in [0.25, 0.3) is 5.82 Å². The molecular weight excluding hydrogens is 254 g/mol. The molecule has 6 nitrogen and oxygen atoms in total. The molecule has 1 amide bonds. The van der Waals surface area contributed by atoms with Crippen LogP contribution < -0.4 is 11.1 Å². The number of amides is 1. The Morgan fingerprint density at radius 3 is 2.90 bits per heavy atom. The molecule has 1 fully saturated rings. The quantitative estimate of drug-likeness (QED) is 0.882. The number of nitrogens with one attached hydrogen (secondary N) is 1. The third kappa shape index (κ3) is 2.55. The van der Waals surface area contributed by atoms with E-state index >= 15 is 0 Å². The second kappa shape index (κ2) is 5.05. The summed E-state index contributed by atoms with van der Waals surface area (Å²) in [7, 11) is 0. The Labute approximate surface area is 117 Å². The zero-order chi connectivity index (χ0) is 14.0. The lowest BCUT2D eigenvalue weighted by Gasteiger charge is -2.37. The largest absolute Gasteiger partial charge is 0.325 e. The lowest BCUT2D eigenvalue weighted by molar-refractivity contribution is -0.118. The first-order chi connectivity index (χ1) is 9.66. The van der Waals surface area contributed by atoms with Crippen LogP contribution in [0, 0.1) is 0 Å². The predicted molar refractivity (Wildman–Crippen MR) is 75.4 cm³/mol. The van der Waals surface area contributed by atoms with Gasteiger partial charge >= 0.3 is 0 Å². The SMILES string of the molecule is NC1(CC(=O)Nc2cccnc2-n2cccn2)CCC1. The van der Waals surface area contributed by atoms with E-state index in [1.807, 2.05) is 12.1 Å². The second-order valence-electron chi connectivity index (χ2n) is 5.27. The number of hydrogen-bond acceptors (Lipinski definition) is 4. The van der Waals surface area contributed by atoms with Crippen molar-refractivity contribution in [1.29, 1.82) is 0 Å². The molecule has 0 spiro atoms. The van der Waals surface area contributed by atoms with E-state index in [4.69, 9.17) is 5.73 Å². The maximum atomic E-state index is 12.1. The molecule has 1 aliphatic rings. The summed E-state index contributed by atoms with van der Waals surface area (Å²) in [5.74, 6) is 0.527. The number of anilines is 1. The maximum absolute atomic E-state index is 12.1. The first-order valence-corrected chi connectivity index (χ1v) is 6.70. The van der Waals surface area contributed by atoms with Gasteiger partial charge in [0.05, 0.1) is 5.69 Å². The molecule has 20 heavy (non-hydrogen) atoms. The summed E-state index contributed by atoms with van der Waals surface area (Å²) in [6, 6.07) is 5.40. The van der Waals surface area contributed by atoms with Crippen LogP contribution in [-0.4, -0.2) is 26.2 Å².